The van der Waals surface area contributed by atoms with Crippen molar-refractivity contribution in [2.75, 3.05) is 19.8 Å². The lowest BCUT2D eigenvalue weighted by Gasteiger charge is -2.65. The van der Waals surface area contributed by atoms with Crippen LogP contribution < -0.4 is 0 Å². The Kier molecular flexibility index (Phi) is 14.5. The number of carbonyl (C=O) groups excluding carboxylic acids is 2. The quantitative estimate of drug-likeness (QED) is 0.0886. The van der Waals surface area contributed by atoms with E-state index in [1.54, 1.807) is 13.8 Å². The molecular weight excluding hydrogens is 949 g/mol. The third-order valence-corrected chi connectivity index (χ3v) is 20.4. The number of rotatable bonds is 12. The van der Waals surface area contributed by atoms with Crippen molar-refractivity contribution in [1.82, 2.24) is 0 Å². The maximum atomic E-state index is 12.6. The van der Waals surface area contributed by atoms with Gasteiger partial charge in [-0.1, -0.05) is 27.7 Å². The van der Waals surface area contributed by atoms with Gasteiger partial charge in [-0.15, -0.1) is 0 Å². The van der Waals surface area contributed by atoms with Crippen molar-refractivity contribution in [2.45, 2.75) is 242 Å². The molecule has 21 nitrogen and oxygen atoms in total. The number of aliphatic hydroxyl groups excluding tert-OH is 10. The monoisotopic (exact) mass is 1030 g/mol. The van der Waals surface area contributed by atoms with Crippen LogP contribution in [0.25, 0.3) is 0 Å². The molecule has 4 aliphatic heterocycles. The van der Waals surface area contributed by atoms with Crippen LogP contribution in [0.15, 0.2) is 0 Å². The molecular formula is C51H82O21. The predicted octanol–water partition coefficient (Wildman–Crippen LogP) is -0.310. The first kappa shape index (κ1) is 55.0. The van der Waals surface area contributed by atoms with Gasteiger partial charge in [-0.2, -0.15) is 0 Å². The number of aliphatic hydroxyl groups is 10. The molecule has 72 heavy (non-hydrogen) atoms. The molecule has 0 radical (unpaired) electrons. The van der Waals surface area contributed by atoms with Gasteiger partial charge in [0.1, 0.15) is 54.9 Å². The van der Waals surface area contributed by atoms with Crippen LogP contribution in [0.1, 0.15) is 120 Å². The van der Waals surface area contributed by atoms with Crippen molar-refractivity contribution in [3.8, 4) is 0 Å². The summed E-state index contributed by atoms with van der Waals surface area (Å²) in [4.78, 5) is 24.6. The zero-order valence-corrected chi connectivity index (χ0v) is 43.1. The zero-order valence-electron chi connectivity index (χ0n) is 43.1. The number of esters is 2. The summed E-state index contributed by atoms with van der Waals surface area (Å²) < 4.78 is 56.1. The van der Waals surface area contributed by atoms with Gasteiger partial charge in [0.25, 0.3) is 0 Å². The van der Waals surface area contributed by atoms with Crippen LogP contribution in [-0.4, -0.2) is 204 Å². The van der Waals surface area contributed by atoms with E-state index < -0.39 is 163 Å². The van der Waals surface area contributed by atoms with Gasteiger partial charge in [-0.25, -0.2) is 0 Å². The van der Waals surface area contributed by atoms with Crippen LogP contribution >= 0.6 is 0 Å². The molecule has 5 saturated carbocycles. The topological polar surface area (TPSA) is 320 Å². The van der Waals surface area contributed by atoms with E-state index in [0.717, 1.165) is 19.3 Å². The van der Waals surface area contributed by atoms with Gasteiger partial charge in [-0.05, 0) is 117 Å². The van der Waals surface area contributed by atoms with Crippen molar-refractivity contribution in [3.63, 3.8) is 0 Å². The normalized spacial score (nSPS) is 53.9. The molecule has 10 N–H and O–H groups in total. The molecule has 0 bridgehead atoms. The average Bonchev–Trinajstić information content (AvgIpc) is 3.67. The van der Waals surface area contributed by atoms with E-state index in [-0.39, 0.29) is 35.2 Å². The number of hydrogen-bond donors (Lipinski definition) is 10. The second-order valence-corrected chi connectivity index (χ2v) is 25.0. The van der Waals surface area contributed by atoms with Crippen LogP contribution in [0.4, 0.5) is 0 Å². The van der Waals surface area contributed by atoms with Crippen LogP contribution in [0.5, 0.6) is 0 Å². The second kappa shape index (κ2) is 19.0. The molecule has 0 aromatic heterocycles. The third kappa shape index (κ3) is 8.44. The van der Waals surface area contributed by atoms with E-state index in [9.17, 15) is 60.7 Å². The van der Waals surface area contributed by atoms with Gasteiger partial charge in [-0.3, -0.25) is 9.59 Å². The van der Waals surface area contributed by atoms with Crippen LogP contribution in [-0.2, 0) is 52.2 Å². The molecule has 5 aliphatic carbocycles. The molecule has 4 heterocycles. The van der Waals surface area contributed by atoms with E-state index >= 15 is 0 Å². The summed E-state index contributed by atoms with van der Waals surface area (Å²) in [6.45, 7) is 15.3. The Morgan fingerprint density at radius 3 is 1.85 bits per heavy atom. The van der Waals surface area contributed by atoms with E-state index in [1.807, 2.05) is 6.92 Å². The van der Waals surface area contributed by atoms with E-state index in [1.165, 1.54) is 13.8 Å². The van der Waals surface area contributed by atoms with Crippen LogP contribution in [0.3, 0.4) is 0 Å². The summed E-state index contributed by atoms with van der Waals surface area (Å²) >= 11 is 0. The fourth-order valence-electron chi connectivity index (χ4n) is 17.0. The Labute approximate surface area is 420 Å². The Morgan fingerprint density at radius 1 is 0.639 bits per heavy atom. The third-order valence-electron chi connectivity index (χ3n) is 20.4. The molecule has 0 unspecified atom stereocenters. The zero-order chi connectivity index (χ0) is 52.6. The Bertz CT molecular complexity index is 2000. The SMILES string of the molecule is CC(=O)O[C@@H]1[C@@H](OC(C)=O)[C@H](O[C@H]2CC[C@]34C[C@]35CC[C@]3(C)[C@@H]([C@@]6(C)CC[C@@H](C(C)(C)O[C@@H]7O[C@H](CO)[C@@H](O)[C@H](O)[C@H]7O)O6)[C@@H](O)C[C@@]3(C)[C@@H]5C[C@H](O[C@@H]3O[C@H](CO)[C@@H](O)[C@H](O)[C@H]3O)[C@H]4C2(C)C)OC[C@H]1O. The number of carbonyl (C=O) groups is 2. The smallest absolute Gasteiger partial charge is 0.303 e. The molecule has 2 spiro atoms. The molecule has 9 rings (SSSR count). The molecule has 9 aliphatic rings. The summed E-state index contributed by atoms with van der Waals surface area (Å²) in [6, 6.07) is 0. The van der Waals surface area contributed by atoms with Crippen molar-refractivity contribution in [2.24, 2.45) is 44.8 Å². The fourth-order valence-corrected chi connectivity index (χ4v) is 17.0. The lowest BCUT2D eigenvalue weighted by molar-refractivity contribution is -0.339. The first-order valence-electron chi connectivity index (χ1n) is 26.2. The highest BCUT2D eigenvalue weighted by molar-refractivity contribution is 5.67. The largest absolute Gasteiger partial charge is 0.455 e. The molecule has 9 fully saturated rings. The number of fused-ring (bicyclic) bond motifs is 2. The average molecular weight is 1030 g/mol. The van der Waals surface area contributed by atoms with Gasteiger partial charge in [0.05, 0.1) is 55.4 Å². The van der Waals surface area contributed by atoms with Crippen molar-refractivity contribution in [3.05, 3.63) is 0 Å². The first-order chi connectivity index (χ1) is 33.6. The van der Waals surface area contributed by atoms with Gasteiger partial charge in [0.2, 0.25) is 0 Å². The minimum absolute atomic E-state index is 0.0319. The highest BCUT2D eigenvalue weighted by atomic mass is 16.7. The highest BCUT2D eigenvalue weighted by Crippen LogP contribution is 2.89. The Morgan fingerprint density at radius 2 is 1.24 bits per heavy atom. The Hall–Kier alpha value is -1.74. The summed E-state index contributed by atoms with van der Waals surface area (Å²) in [6.07, 6.45) is -16.7. The van der Waals surface area contributed by atoms with Gasteiger partial charge >= 0.3 is 11.9 Å². The number of ether oxygens (including phenoxy) is 9. The molecule has 4 saturated heterocycles. The number of hydrogen-bond acceptors (Lipinski definition) is 21. The van der Waals surface area contributed by atoms with Crippen molar-refractivity contribution in [1.29, 1.82) is 0 Å². The van der Waals surface area contributed by atoms with E-state index in [2.05, 4.69) is 27.7 Å². The van der Waals surface area contributed by atoms with Crippen LogP contribution in [0, 0.1) is 44.8 Å². The molecule has 26 atom stereocenters. The molecule has 0 aromatic rings. The summed E-state index contributed by atoms with van der Waals surface area (Å²) in [5.74, 6) is -2.03. The maximum Gasteiger partial charge on any atom is 0.303 e. The Balaban J connectivity index is 1.01. The predicted molar refractivity (Wildman–Crippen MR) is 245 cm³/mol. The van der Waals surface area contributed by atoms with Crippen LogP contribution in [0.2, 0.25) is 0 Å². The van der Waals surface area contributed by atoms with E-state index in [0.29, 0.717) is 38.5 Å². The van der Waals surface area contributed by atoms with Gasteiger partial charge < -0.3 is 93.7 Å². The van der Waals surface area contributed by atoms with Crippen molar-refractivity contribution >= 4 is 11.9 Å². The summed E-state index contributed by atoms with van der Waals surface area (Å²) in [7, 11) is 0. The summed E-state index contributed by atoms with van der Waals surface area (Å²) in [5.41, 5.74) is -4.19. The lowest BCUT2D eigenvalue weighted by atomic mass is 9.41. The minimum atomic E-state index is -1.68. The van der Waals surface area contributed by atoms with Gasteiger partial charge in [0, 0.05) is 19.8 Å². The second-order valence-electron chi connectivity index (χ2n) is 25.0. The van der Waals surface area contributed by atoms with Gasteiger partial charge in [0.15, 0.2) is 31.1 Å². The van der Waals surface area contributed by atoms with Crippen molar-refractivity contribution < 1.29 is 103 Å². The first-order valence-corrected chi connectivity index (χ1v) is 26.2. The standard InChI is InChI=1S/C51H82O21/c1-22(54)65-38-25(57)20-64-44(39(38)66-23(2)55)70-30-11-13-51-21-50(51)15-14-47(7)40(49(9)12-10-31(71-49)46(5,6)72-43-37(63)35(61)33(59)28(19-53)69-43)24(56)17-48(47,8)29(50)16-26(41(51)45(30,3)4)67-42-36(62)34(60)32(58)27(18-52)68-42/h24-44,52-53,56-63H,10-21H2,1-9H3/t24-,25+,26-,27+,28+,29-,30-,31-,32+,33+,34-,35-,36+,37+,38-,39+,40-,41-,42+,43-,44-,47+,48-,49+,50-,51+/m0/s1. The molecule has 0 aromatic carbocycles. The maximum absolute atomic E-state index is 12.6. The lowest BCUT2D eigenvalue weighted by Crippen LogP contribution is -2.65. The molecule has 21 heteroatoms. The fraction of sp³-hybridized carbons (Fsp3) is 0.961. The highest BCUT2D eigenvalue weighted by Gasteiger charge is 2.85. The van der Waals surface area contributed by atoms with E-state index in [4.69, 9.17) is 42.6 Å². The molecule has 0 amide bonds. The minimum Gasteiger partial charge on any atom is -0.455 e. The molecule has 412 valence electrons. The summed E-state index contributed by atoms with van der Waals surface area (Å²) in [5, 5.41) is 108.